The van der Waals surface area contributed by atoms with Gasteiger partial charge in [0.15, 0.2) is 0 Å². The Morgan fingerprint density at radius 2 is 1.69 bits per heavy atom. The Bertz CT molecular complexity index is 529. The van der Waals surface area contributed by atoms with Crippen molar-refractivity contribution in [3.8, 4) is 0 Å². The SMILES string of the molecule is CC(C)CC1CCN(C(=O)CN2CCN[C@@H](CC(C)(C)C)C2=O)CC1.CC1CC1. The average Bonchev–Trinajstić information content (AvgIpc) is 3.40. The summed E-state index contributed by atoms with van der Waals surface area (Å²) in [4.78, 5) is 29.1. The Kier molecular flexibility index (Phi) is 8.99. The van der Waals surface area contributed by atoms with E-state index in [1.807, 2.05) is 4.90 Å². The second-order valence-corrected chi connectivity index (χ2v) is 11.2. The van der Waals surface area contributed by atoms with Gasteiger partial charge in [0, 0.05) is 26.2 Å². The van der Waals surface area contributed by atoms with Crippen molar-refractivity contribution < 1.29 is 9.59 Å². The summed E-state index contributed by atoms with van der Waals surface area (Å²) in [5.74, 6) is 2.77. The zero-order chi connectivity index (χ0) is 21.6. The number of carbonyl (C=O) groups is 2. The van der Waals surface area contributed by atoms with Crippen LogP contribution in [0.15, 0.2) is 0 Å². The second-order valence-electron chi connectivity index (χ2n) is 11.2. The Labute approximate surface area is 179 Å². The van der Waals surface area contributed by atoms with Crippen LogP contribution < -0.4 is 5.32 Å². The van der Waals surface area contributed by atoms with Crippen molar-refractivity contribution in [2.45, 2.75) is 86.1 Å². The van der Waals surface area contributed by atoms with Crippen LogP contribution in [-0.2, 0) is 9.59 Å². The molecule has 3 fully saturated rings. The first-order valence-corrected chi connectivity index (χ1v) is 11.8. The number of piperidine rings is 1. The topological polar surface area (TPSA) is 52.7 Å². The van der Waals surface area contributed by atoms with Crippen molar-refractivity contribution in [1.29, 1.82) is 0 Å². The molecule has 3 aliphatic rings. The van der Waals surface area contributed by atoms with Crippen molar-refractivity contribution in [2.24, 2.45) is 23.2 Å². The van der Waals surface area contributed by atoms with Crippen molar-refractivity contribution in [3.05, 3.63) is 0 Å². The van der Waals surface area contributed by atoms with Gasteiger partial charge in [0.25, 0.3) is 0 Å². The lowest BCUT2D eigenvalue weighted by molar-refractivity contribution is -0.144. The Balaban J connectivity index is 0.000000666. The number of likely N-dealkylation sites (tertiary alicyclic amines) is 1. The summed E-state index contributed by atoms with van der Waals surface area (Å²) in [6, 6.07) is -0.154. The third-order valence-corrected chi connectivity index (χ3v) is 6.16. The van der Waals surface area contributed by atoms with E-state index in [9.17, 15) is 9.59 Å². The number of amides is 2. The van der Waals surface area contributed by atoms with Gasteiger partial charge in [0.1, 0.15) is 0 Å². The molecule has 1 aliphatic carbocycles. The summed E-state index contributed by atoms with van der Waals surface area (Å²) in [6.45, 7) is 16.6. The van der Waals surface area contributed by atoms with Gasteiger partial charge in [-0.2, -0.15) is 0 Å². The van der Waals surface area contributed by atoms with Crippen LogP contribution in [0.2, 0.25) is 0 Å². The fourth-order valence-corrected chi connectivity index (χ4v) is 4.24. The van der Waals surface area contributed by atoms with Crippen molar-refractivity contribution in [2.75, 3.05) is 32.7 Å². The van der Waals surface area contributed by atoms with Crippen LogP contribution in [0, 0.1) is 23.2 Å². The molecule has 1 atom stereocenters. The van der Waals surface area contributed by atoms with Crippen LogP contribution in [0.25, 0.3) is 0 Å². The van der Waals surface area contributed by atoms with Gasteiger partial charge in [-0.1, -0.05) is 54.4 Å². The van der Waals surface area contributed by atoms with Crippen LogP contribution in [0.3, 0.4) is 0 Å². The fraction of sp³-hybridized carbons (Fsp3) is 0.917. The lowest BCUT2D eigenvalue weighted by atomic mass is 9.87. The zero-order valence-corrected chi connectivity index (χ0v) is 19.8. The molecule has 0 aromatic rings. The van der Waals surface area contributed by atoms with Gasteiger partial charge in [-0.3, -0.25) is 9.59 Å². The van der Waals surface area contributed by atoms with Gasteiger partial charge < -0.3 is 15.1 Å². The Morgan fingerprint density at radius 1 is 1.10 bits per heavy atom. The zero-order valence-electron chi connectivity index (χ0n) is 19.8. The molecule has 0 aromatic heterocycles. The molecule has 1 N–H and O–H groups in total. The largest absolute Gasteiger partial charge is 0.341 e. The summed E-state index contributed by atoms with van der Waals surface area (Å²) in [5.41, 5.74) is 0.0959. The van der Waals surface area contributed by atoms with Crippen LogP contribution in [0.4, 0.5) is 0 Å². The predicted molar refractivity (Wildman–Crippen MR) is 120 cm³/mol. The molecule has 2 amide bonds. The first-order valence-electron chi connectivity index (χ1n) is 11.8. The smallest absolute Gasteiger partial charge is 0.242 e. The maximum atomic E-state index is 12.7. The molecular weight excluding hydrogens is 362 g/mol. The number of hydrogen-bond acceptors (Lipinski definition) is 3. The molecular formula is C24H45N3O2. The third-order valence-electron chi connectivity index (χ3n) is 6.16. The molecule has 0 bridgehead atoms. The molecule has 0 unspecified atom stereocenters. The summed E-state index contributed by atoms with van der Waals surface area (Å²) in [5, 5.41) is 3.32. The first-order chi connectivity index (χ1) is 13.5. The average molecular weight is 408 g/mol. The number of rotatable bonds is 5. The number of hydrogen-bond donors (Lipinski definition) is 1. The van der Waals surface area contributed by atoms with E-state index in [2.05, 4.69) is 46.9 Å². The third kappa shape index (κ3) is 9.06. The van der Waals surface area contributed by atoms with Gasteiger partial charge in [-0.15, -0.1) is 0 Å². The van der Waals surface area contributed by atoms with Crippen molar-refractivity contribution in [1.82, 2.24) is 15.1 Å². The molecule has 0 radical (unpaired) electrons. The predicted octanol–water partition coefficient (Wildman–Crippen LogP) is 3.92. The molecule has 5 nitrogen and oxygen atoms in total. The van der Waals surface area contributed by atoms with Crippen LogP contribution in [0.1, 0.15) is 80.1 Å². The molecule has 3 rings (SSSR count). The Morgan fingerprint density at radius 3 is 2.17 bits per heavy atom. The van der Waals surface area contributed by atoms with Gasteiger partial charge in [0.05, 0.1) is 12.6 Å². The summed E-state index contributed by atoms with van der Waals surface area (Å²) < 4.78 is 0. The summed E-state index contributed by atoms with van der Waals surface area (Å²) in [6.07, 6.45) is 7.24. The van der Waals surface area contributed by atoms with E-state index in [-0.39, 0.29) is 29.8 Å². The van der Waals surface area contributed by atoms with Crippen LogP contribution in [0.5, 0.6) is 0 Å². The van der Waals surface area contributed by atoms with Crippen molar-refractivity contribution in [3.63, 3.8) is 0 Å². The normalized spacial score (nSPS) is 23.8. The number of piperazine rings is 1. The number of nitrogens with zero attached hydrogens (tertiary/aromatic N) is 2. The minimum atomic E-state index is -0.154. The molecule has 168 valence electrons. The molecule has 0 aromatic carbocycles. The number of nitrogens with one attached hydrogen (secondary N) is 1. The molecule has 2 saturated heterocycles. The summed E-state index contributed by atoms with van der Waals surface area (Å²) >= 11 is 0. The highest BCUT2D eigenvalue weighted by atomic mass is 16.2. The first kappa shape index (κ1) is 24.2. The second kappa shape index (κ2) is 10.8. The van der Waals surface area contributed by atoms with E-state index in [0.29, 0.717) is 6.54 Å². The Hall–Kier alpha value is -1.10. The maximum absolute atomic E-state index is 12.7. The van der Waals surface area contributed by atoms with E-state index in [4.69, 9.17) is 0 Å². The van der Waals surface area contributed by atoms with E-state index in [1.54, 1.807) is 4.90 Å². The van der Waals surface area contributed by atoms with E-state index < -0.39 is 0 Å². The maximum Gasteiger partial charge on any atom is 0.242 e. The molecule has 2 aliphatic heterocycles. The summed E-state index contributed by atoms with van der Waals surface area (Å²) in [7, 11) is 0. The van der Waals surface area contributed by atoms with Crippen molar-refractivity contribution >= 4 is 11.8 Å². The van der Waals surface area contributed by atoms with E-state index in [0.717, 1.165) is 56.7 Å². The molecule has 5 heteroatoms. The van der Waals surface area contributed by atoms with E-state index in [1.165, 1.54) is 19.3 Å². The lowest BCUT2D eigenvalue weighted by Gasteiger charge is -2.38. The molecule has 1 saturated carbocycles. The monoisotopic (exact) mass is 407 g/mol. The minimum Gasteiger partial charge on any atom is -0.341 e. The van der Waals surface area contributed by atoms with Crippen LogP contribution >= 0.6 is 0 Å². The van der Waals surface area contributed by atoms with Crippen LogP contribution in [-0.4, -0.2) is 60.4 Å². The van der Waals surface area contributed by atoms with Gasteiger partial charge >= 0.3 is 0 Å². The minimum absolute atomic E-state index is 0.0872. The highest BCUT2D eigenvalue weighted by molar-refractivity contribution is 5.88. The fourth-order valence-electron chi connectivity index (χ4n) is 4.24. The highest BCUT2D eigenvalue weighted by Crippen LogP contribution is 2.27. The van der Waals surface area contributed by atoms with E-state index >= 15 is 0 Å². The molecule has 0 spiro atoms. The highest BCUT2D eigenvalue weighted by Gasteiger charge is 2.33. The molecule has 2 heterocycles. The van der Waals surface area contributed by atoms with Gasteiger partial charge in [-0.05, 0) is 48.9 Å². The molecule has 29 heavy (non-hydrogen) atoms. The lowest BCUT2D eigenvalue weighted by Crippen LogP contribution is -2.58. The van der Waals surface area contributed by atoms with Gasteiger partial charge in [-0.25, -0.2) is 0 Å². The standard InChI is InChI=1S/C20H37N3O2.C4H8/c1-15(2)12-16-6-9-22(10-7-16)18(24)14-23-11-8-21-17(19(23)25)13-20(3,4)5;1-4-2-3-4/h15-17,21H,6-14H2,1-5H3;4H,2-3H2,1H3/t17-;/m0./s1. The quantitative estimate of drug-likeness (QED) is 0.751. The number of carbonyl (C=O) groups excluding carboxylic acids is 2. The van der Waals surface area contributed by atoms with Gasteiger partial charge in [0.2, 0.25) is 11.8 Å².